The molecule has 0 aliphatic rings. The predicted octanol–water partition coefficient (Wildman–Crippen LogP) is 1.32. The number of amides is 1. The predicted molar refractivity (Wildman–Crippen MR) is 64.3 cm³/mol. The molecular weight excluding hydrogens is 274 g/mol. The van der Waals surface area contributed by atoms with Crippen molar-refractivity contribution >= 4 is 21.8 Å². The summed E-state index contributed by atoms with van der Waals surface area (Å²) in [6.07, 6.45) is -0.576. The molecule has 1 unspecified atom stereocenters. The van der Waals surface area contributed by atoms with Crippen LogP contribution in [-0.4, -0.2) is 30.3 Å². The van der Waals surface area contributed by atoms with Gasteiger partial charge in [-0.05, 0) is 31.2 Å². The second-order valence-electron chi connectivity index (χ2n) is 3.23. The van der Waals surface area contributed by atoms with Crippen LogP contribution < -0.4 is 10.1 Å². The van der Waals surface area contributed by atoms with Crippen LogP contribution in [0.4, 0.5) is 0 Å². The summed E-state index contributed by atoms with van der Waals surface area (Å²) in [5, 5.41) is 11.1. The number of nitrogens with one attached hydrogen (secondary N) is 1. The molecule has 1 aromatic rings. The zero-order valence-corrected chi connectivity index (χ0v) is 10.5. The molecule has 88 valence electrons. The SMILES string of the molecule is CC(Oc1ccc(Br)cc1)C(=O)NCCO. The van der Waals surface area contributed by atoms with Crippen molar-refractivity contribution in [1.82, 2.24) is 5.32 Å². The largest absolute Gasteiger partial charge is 0.481 e. The van der Waals surface area contributed by atoms with Gasteiger partial charge in [-0.2, -0.15) is 0 Å². The summed E-state index contributed by atoms with van der Waals surface area (Å²) in [7, 11) is 0. The van der Waals surface area contributed by atoms with E-state index in [0.29, 0.717) is 5.75 Å². The number of rotatable bonds is 5. The smallest absolute Gasteiger partial charge is 0.260 e. The molecule has 0 heterocycles. The molecule has 1 rings (SSSR count). The molecule has 1 aromatic carbocycles. The van der Waals surface area contributed by atoms with Crippen LogP contribution in [0.1, 0.15) is 6.92 Å². The Bertz CT molecular complexity index is 340. The van der Waals surface area contributed by atoms with E-state index in [1.165, 1.54) is 0 Å². The van der Waals surface area contributed by atoms with Crippen molar-refractivity contribution in [3.8, 4) is 5.75 Å². The van der Waals surface area contributed by atoms with Gasteiger partial charge in [0.2, 0.25) is 0 Å². The Morgan fingerprint density at radius 1 is 1.50 bits per heavy atom. The Balaban J connectivity index is 2.47. The second-order valence-corrected chi connectivity index (χ2v) is 4.14. The molecule has 0 spiro atoms. The fourth-order valence-electron chi connectivity index (χ4n) is 1.09. The fourth-order valence-corrected chi connectivity index (χ4v) is 1.36. The Morgan fingerprint density at radius 2 is 2.12 bits per heavy atom. The van der Waals surface area contributed by atoms with E-state index in [9.17, 15) is 4.79 Å². The van der Waals surface area contributed by atoms with Crippen molar-refractivity contribution in [3.05, 3.63) is 28.7 Å². The van der Waals surface area contributed by atoms with Gasteiger partial charge in [-0.25, -0.2) is 0 Å². The van der Waals surface area contributed by atoms with Gasteiger partial charge >= 0.3 is 0 Å². The lowest BCUT2D eigenvalue weighted by molar-refractivity contribution is -0.127. The zero-order valence-electron chi connectivity index (χ0n) is 8.94. The standard InChI is InChI=1S/C11H14BrNO3/c1-8(11(15)13-6-7-14)16-10-4-2-9(12)3-5-10/h2-5,8,14H,6-7H2,1H3,(H,13,15). The molecule has 0 saturated carbocycles. The number of hydrogen-bond acceptors (Lipinski definition) is 3. The third-order valence-electron chi connectivity index (χ3n) is 1.91. The van der Waals surface area contributed by atoms with Crippen LogP contribution in [0.3, 0.4) is 0 Å². The molecule has 0 aromatic heterocycles. The topological polar surface area (TPSA) is 58.6 Å². The van der Waals surface area contributed by atoms with E-state index in [-0.39, 0.29) is 19.1 Å². The summed E-state index contributed by atoms with van der Waals surface area (Å²) >= 11 is 3.31. The maximum absolute atomic E-state index is 11.4. The van der Waals surface area contributed by atoms with Crippen molar-refractivity contribution in [3.63, 3.8) is 0 Å². The third kappa shape index (κ3) is 4.20. The van der Waals surface area contributed by atoms with E-state index >= 15 is 0 Å². The number of halogens is 1. The molecule has 1 amide bonds. The summed E-state index contributed by atoms with van der Waals surface area (Å²) < 4.78 is 6.37. The number of carbonyl (C=O) groups is 1. The quantitative estimate of drug-likeness (QED) is 0.859. The van der Waals surface area contributed by atoms with Crippen molar-refractivity contribution in [2.24, 2.45) is 0 Å². The summed E-state index contributed by atoms with van der Waals surface area (Å²) in [5.74, 6) is 0.395. The highest BCUT2D eigenvalue weighted by Gasteiger charge is 2.13. The minimum absolute atomic E-state index is 0.0727. The highest BCUT2D eigenvalue weighted by molar-refractivity contribution is 9.10. The molecule has 0 fully saturated rings. The summed E-state index contributed by atoms with van der Waals surface area (Å²) in [4.78, 5) is 11.4. The number of benzene rings is 1. The van der Waals surface area contributed by atoms with Crippen molar-refractivity contribution in [2.45, 2.75) is 13.0 Å². The number of carbonyl (C=O) groups excluding carboxylic acids is 1. The highest BCUT2D eigenvalue weighted by atomic mass is 79.9. The average Bonchev–Trinajstić information content (AvgIpc) is 2.29. The van der Waals surface area contributed by atoms with Gasteiger partial charge in [-0.1, -0.05) is 15.9 Å². The van der Waals surface area contributed by atoms with E-state index in [1.807, 2.05) is 12.1 Å². The Morgan fingerprint density at radius 3 is 2.69 bits per heavy atom. The maximum atomic E-state index is 11.4. The van der Waals surface area contributed by atoms with Crippen LogP contribution in [0.2, 0.25) is 0 Å². The zero-order chi connectivity index (χ0) is 12.0. The molecule has 2 N–H and O–H groups in total. The average molecular weight is 288 g/mol. The van der Waals surface area contributed by atoms with E-state index in [4.69, 9.17) is 9.84 Å². The minimum atomic E-state index is -0.576. The normalized spacial score (nSPS) is 11.9. The van der Waals surface area contributed by atoms with E-state index in [1.54, 1.807) is 19.1 Å². The van der Waals surface area contributed by atoms with Gasteiger partial charge in [0.25, 0.3) is 5.91 Å². The van der Waals surface area contributed by atoms with Crippen LogP contribution in [0.15, 0.2) is 28.7 Å². The maximum Gasteiger partial charge on any atom is 0.260 e. The first-order chi connectivity index (χ1) is 7.63. The monoisotopic (exact) mass is 287 g/mol. The van der Waals surface area contributed by atoms with E-state index < -0.39 is 6.10 Å². The van der Waals surface area contributed by atoms with Crippen LogP contribution in [0, 0.1) is 0 Å². The molecule has 1 atom stereocenters. The molecule has 0 aliphatic carbocycles. The summed E-state index contributed by atoms with van der Waals surface area (Å²) in [6.45, 7) is 1.83. The van der Waals surface area contributed by atoms with Gasteiger partial charge in [0, 0.05) is 11.0 Å². The van der Waals surface area contributed by atoms with Gasteiger partial charge in [-0.3, -0.25) is 4.79 Å². The third-order valence-corrected chi connectivity index (χ3v) is 2.44. The molecule has 0 bridgehead atoms. The summed E-state index contributed by atoms with van der Waals surface area (Å²) in [6, 6.07) is 7.24. The first kappa shape index (κ1) is 13.0. The van der Waals surface area contributed by atoms with Gasteiger partial charge in [0.05, 0.1) is 6.61 Å². The van der Waals surface area contributed by atoms with Crippen LogP contribution in [0.25, 0.3) is 0 Å². The molecule has 0 saturated heterocycles. The number of hydrogen-bond donors (Lipinski definition) is 2. The molecule has 0 radical (unpaired) electrons. The molecular formula is C11H14BrNO3. The van der Waals surface area contributed by atoms with Gasteiger partial charge < -0.3 is 15.2 Å². The van der Waals surface area contributed by atoms with E-state index in [2.05, 4.69) is 21.2 Å². The lowest BCUT2D eigenvalue weighted by Crippen LogP contribution is -2.37. The minimum Gasteiger partial charge on any atom is -0.481 e. The van der Waals surface area contributed by atoms with Crippen LogP contribution >= 0.6 is 15.9 Å². The van der Waals surface area contributed by atoms with Gasteiger partial charge in [0.15, 0.2) is 6.10 Å². The fraction of sp³-hybridized carbons (Fsp3) is 0.364. The Kier molecular flexibility index (Phi) is 5.28. The highest BCUT2D eigenvalue weighted by Crippen LogP contribution is 2.17. The van der Waals surface area contributed by atoms with Crippen LogP contribution in [-0.2, 0) is 4.79 Å². The molecule has 16 heavy (non-hydrogen) atoms. The van der Waals surface area contributed by atoms with Crippen molar-refractivity contribution < 1.29 is 14.6 Å². The number of aliphatic hydroxyl groups is 1. The second kappa shape index (κ2) is 6.50. The number of aliphatic hydroxyl groups excluding tert-OH is 1. The molecule has 0 aliphatic heterocycles. The molecule has 5 heteroatoms. The number of ether oxygens (including phenoxy) is 1. The van der Waals surface area contributed by atoms with E-state index in [0.717, 1.165) is 4.47 Å². The van der Waals surface area contributed by atoms with Crippen molar-refractivity contribution in [1.29, 1.82) is 0 Å². The van der Waals surface area contributed by atoms with Gasteiger partial charge in [0.1, 0.15) is 5.75 Å². The van der Waals surface area contributed by atoms with Crippen LogP contribution in [0.5, 0.6) is 5.75 Å². The van der Waals surface area contributed by atoms with Gasteiger partial charge in [-0.15, -0.1) is 0 Å². The lowest BCUT2D eigenvalue weighted by Gasteiger charge is -2.14. The summed E-state index contributed by atoms with van der Waals surface area (Å²) in [5.41, 5.74) is 0. The first-order valence-electron chi connectivity index (χ1n) is 4.94. The molecule has 4 nitrogen and oxygen atoms in total. The lowest BCUT2D eigenvalue weighted by atomic mass is 10.3. The Hall–Kier alpha value is -1.07. The Labute approximate surface area is 103 Å². The first-order valence-corrected chi connectivity index (χ1v) is 5.73. The van der Waals surface area contributed by atoms with Crippen molar-refractivity contribution in [2.75, 3.05) is 13.2 Å².